The van der Waals surface area contributed by atoms with Gasteiger partial charge in [0.15, 0.2) is 0 Å². The molecule has 4 N–H and O–H groups in total. The SMILES string of the molecule is CC(C)(C)Nc1ncc(C(C)(C)O)c(NC2CCCC(O)C2)n1. The van der Waals surface area contributed by atoms with Crippen LogP contribution in [-0.2, 0) is 5.60 Å². The van der Waals surface area contributed by atoms with Crippen molar-refractivity contribution < 1.29 is 10.2 Å². The number of rotatable bonds is 4. The Morgan fingerprint density at radius 2 is 1.87 bits per heavy atom. The molecule has 0 aromatic carbocycles. The van der Waals surface area contributed by atoms with E-state index in [-0.39, 0.29) is 17.7 Å². The van der Waals surface area contributed by atoms with Crippen LogP contribution in [0.25, 0.3) is 0 Å². The van der Waals surface area contributed by atoms with Crippen molar-refractivity contribution in [3.63, 3.8) is 0 Å². The van der Waals surface area contributed by atoms with Gasteiger partial charge in [-0.3, -0.25) is 0 Å². The van der Waals surface area contributed by atoms with E-state index in [9.17, 15) is 10.2 Å². The van der Waals surface area contributed by atoms with Gasteiger partial charge in [0, 0.05) is 23.3 Å². The van der Waals surface area contributed by atoms with Crippen molar-refractivity contribution in [2.75, 3.05) is 10.6 Å². The lowest BCUT2D eigenvalue weighted by atomic mass is 9.92. The molecule has 23 heavy (non-hydrogen) atoms. The van der Waals surface area contributed by atoms with E-state index in [0.717, 1.165) is 19.3 Å². The van der Waals surface area contributed by atoms with Gasteiger partial charge >= 0.3 is 0 Å². The molecule has 1 aromatic heterocycles. The Balaban J connectivity index is 2.27. The van der Waals surface area contributed by atoms with Gasteiger partial charge in [-0.25, -0.2) is 4.98 Å². The van der Waals surface area contributed by atoms with E-state index in [1.165, 1.54) is 0 Å². The standard InChI is InChI=1S/C17H30N4O2/c1-16(2,3)21-15-18-10-13(17(4,5)23)14(20-15)19-11-7-6-8-12(22)9-11/h10-12,22-23H,6-9H2,1-5H3,(H2,18,19,20,21). The lowest BCUT2D eigenvalue weighted by molar-refractivity contribution is 0.0784. The molecule has 6 nitrogen and oxygen atoms in total. The Bertz CT molecular complexity index is 534. The van der Waals surface area contributed by atoms with Crippen LogP contribution in [0.3, 0.4) is 0 Å². The van der Waals surface area contributed by atoms with Gasteiger partial charge in [0.25, 0.3) is 0 Å². The number of hydrogen-bond acceptors (Lipinski definition) is 6. The molecule has 130 valence electrons. The van der Waals surface area contributed by atoms with Crippen LogP contribution in [0.2, 0.25) is 0 Å². The van der Waals surface area contributed by atoms with Crippen molar-refractivity contribution in [2.24, 2.45) is 0 Å². The smallest absolute Gasteiger partial charge is 0.225 e. The van der Waals surface area contributed by atoms with Gasteiger partial charge in [-0.2, -0.15) is 4.98 Å². The van der Waals surface area contributed by atoms with E-state index in [0.29, 0.717) is 23.8 Å². The molecular weight excluding hydrogens is 292 g/mol. The second-order valence-electron chi connectivity index (χ2n) is 8.05. The van der Waals surface area contributed by atoms with E-state index in [1.54, 1.807) is 20.0 Å². The first-order chi connectivity index (χ1) is 10.5. The molecule has 0 radical (unpaired) electrons. The third kappa shape index (κ3) is 5.32. The molecule has 0 amide bonds. The monoisotopic (exact) mass is 322 g/mol. The van der Waals surface area contributed by atoms with Crippen LogP contribution in [0.15, 0.2) is 6.20 Å². The summed E-state index contributed by atoms with van der Waals surface area (Å²) in [7, 11) is 0. The fraction of sp³-hybridized carbons (Fsp3) is 0.765. The van der Waals surface area contributed by atoms with Gasteiger partial charge < -0.3 is 20.8 Å². The van der Waals surface area contributed by atoms with Gasteiger partial charge in [0.1, 0.15) is 5.82 Å². The second-order valence-corrected chi connectivity index (χ2v) is 8.05. The molecule has 2 atom stereocenters. The fourth-order valence-electron chi connectivity index (χ4n) is 2.82. The minimum Gasteiger partial charge on any atom is -0.393 e. The number of aliphatic hydroxyl groups is 2. The zero-order valence-electron chi connectivity index (χ0n) is 14.8. The Kier molecular flexibility index (Phi) is 5.16. The van der Waals surface area contributed by atoms with Gasteiger partial charge in [-0.15, -0.1) is 0 Å². The summed E-state index contributed by atoms with van der Waals surface area (Å²) in [6, 6.07) is 0.164. The number of nitrogens with zero attached hydrogens (tertiary/aromatic N) is 2. The summed E-state index contributed by atoms with van der Waals surface area (Å²) in [4.78, 5) is 8.90. The van der Waals surface area contributed by atoms with Crippen LogP contribution >= 0.6 is 0 Å². The zero-order chi connectivity index (χ0) is 17.3. The molecule has 0 spiro atoms. The summed E-state index contributed by atoms with van der Waals surface area (Å²) < 4.78 is 0. The normalized spacial score (nSPS) is 22.7. The minimum atomic E-state index is -1.03. The summed E-state index contributed by atoms with van der Waals surface area (Å²) in [5, 5.41) is 26.9. The molecule has 1 saturated carbocycles. The van der Waals surface area contributed by atoms with E-state index < -0.39 is 5.60 Å². The van der Waals surface area contributed by atoms with Crippen LogP contribution in [-0.4, -0.2) is 37.9 Å². The molecule has 1 aliphatic carbocycles. The Labute approximate surface area is 138 Å². The molecule has 1 fully saturated rings. The van der Waals surface area contributed by atoms with Crippen LogP contribution < -0.4 is 10.6 Å². The highest BCUT2D eigenvalue weighted by Crippen LogP contribution is 2.29. The average Bonchev–Trinajstić information content (AvgIpc) is 2.35. The highest BCUT2D eigenvalue weighted by Gasteiger charge is 2.26. The topological polar surface area (TPSA) is 90.3 Å². The molecule has 2 rings (SSSR count). The van der Waals surface area contributed by atoms with Crippen molar-refractivity contribution in [2.45, 2.75) is 83.6 Å². The summed E-state index contributed by atoms with van der Waals surface area (Å²) in [6.45, 7) is 9.59. The maximum Gasteiger partial charge on any atom is 0.225 e. The number of aromatic nitrogens is 2. The van der Waals surface area contributed by atoms with E-state index in [1.807, 2.05) is 20.8 Å². The van der Waals surface area contributed by atoms with Gasteiger partial charge in [-0.05, 0) is 60.3 Å². The van der Waals surface area contributed by atoms with Crippen molar-refractivity contribution in [1.29, 1.82) is 0 Å². The number of anilines is 2. The number of nitrogens with one attached hydrogen (secondary N) is 2. The Hall–Kier alpha value is -1.40. The van der Waals surface area contributed by atoms with Crippen molar-refractivity contribution >= 4 is 11.8 Å². The van der Waals surface area contributed by atoms with Crippen LogP contribution in [0.1, 0.15) is 65.9 Å². The number of hydrogen-bond donors (Lipinski definition) is 4. The van der Waals surface area contributed by atoms with E-state index in [2.05, 4.69) is 20.6 Å². The first kappa shape index (κ1) is 17.9. The Morgan fingerprint density at radius 3 is 2.43 bits per heavy atom. The van der Waals surface area contributed by atoms with E-state index in [4.69, 9.17) is 0 Å². The molecule has 1 heterocycles. The first-order valence-electron chi connectivity index (χ1n) is 8.37. The van der Waals surface area contributed by atoms with E-state index >= 15 is 0 Å². The number of aliphatic hydroxyl groups excluding tert-OH is 1. The summed E-state index contributed by atoms with van der Waals surface area (Å²) in [6.07, 6.45) is 4.96. The maximum atomic E-state index is 10.4. The maximum absolute atomic E-state index is 10.4. The first-order valence-corrected chi connectivity index (χ1v) is 8.37. The second kappa shape index (κ2) is 6.61. The third-order valence-corrected chi connectivity index (χ3v) is 3.92. The highest BCUT2D eigenvalue weighted by molar-refractivity contribution is 5.50. The predicted octanol–water partition coefficient (Wildman–Crippen LogP) is 2.63. The molecule has 6 heteroatoms. The van der Waals surface area contributed by atoms with Gasteiger partial charge in [0.2, 0.25) is 5.95 Å². The van der Waals surface area contributed by atoms with Crippen LogP contribution in [0, 0.1) is 0 Å². The summed E-state index contributed by atoms with van der Waals surface area (Å²) in [5.41, 5.74) is -0.512. The largest absolute Gasteiger partial charge is 0.393 e. The zero-order valence-corrected chi connectivity index (χ0v) is 14.8. The van der Waals surface area contributed by atoms with Crippen molar-refractivity contribution in [3.8, 4) is 0 Å². The molecular formula is C17H30N4O2. The predicted molar refractivity (Wildman–Crippen MR) is 92.5 cm³/mol. The lowest BCUT2D eigenvalue weighted by Gasteiger charge is -2.30. The molecule has 0 aliphatic heterocycles. The van der Waals surface area contributed by atoms with Gasteiger partial charge in [0.05, 0.1) is 11.7 Å². The molecule has 2 unspecified atom stereocenters. The Morgan fingerprint density at radius 1 is 1.17 bits per heavy atom. The molecule has 1 aliphatic rings. The average molecular weight is 322 g/mol. The van der Waals surface area contributed by atoms with Gasteiger partial charge in [-0.1, -0.05) is 0 Å². The quantitative estimate of drug-likeness (QED) is 0.681. The molecule has 0 saturated heterocycles. The van der Waals surface area contributed by atoms with Crippen molar-refractivity contribution in [1.82, 2.24) is 9.97 Å². The highest BCUT2D eigenvalue weighted by atomic mass is 16.3. The summed E-state index contributed by atoms with van der Waals surface area (Å²) >= 11 is 0. The molecule has 0 bridgehead atoms. The third-order valence-electron chi connectivity index (χ3n) is 3.92. The van der Waals surface area contributed by atoms with Crippen LogP contribution in [0.5, 0.6) is 0 Å². The molecule has 1 aromatic rings. The lowest BCUT2D eigenvalue weighted by Crippen LogP contribution is -2.32. The van der Waals surface area contributed by atoms with Crippen LogP contribution in [0.4, 0.5) is 11.8 Å². The summed E-state index contributed by atoms with van der Waals surface area (Å²) in [5.74, 6) is 1.17. The van der Waals surface area contributed by atoms with Crippen molar-refractivity contribution in [3.05, 3.63) is 11.8 Å². The minimum absolute atomic E-state index is 0.144. The fourth-order valence-corrected chi connectivity index (χ4v) is 2.82.